The lowest BCUT2D eigenvalue weighted by Crippen LogP contribution is -2.54. The van der Waals surface area contributed by atoms with E-state index in [-0.39, 0.29) is 65.6 Å². The van der Waals surface area contributed by atoms with Crippen LogP contribution in [-0.2, 0) is 30.5 Å². The van der Waals surface area contributed by atoms with E-state index in [1.54, 1.807) is 41.3 Å². The maximum atomic E-state index is 13.6. The first-order chi connectivity index (χ1) is 33.7. The van der Waals surface area contributed by atoms with Gasteiger partial charge in [0.15, 0.2) is 0 Å². The number of likely N-dealkylation sites (tertiary alicyclic amines) is 2. The third-order valence-electron chi connectivity index (χ3n) is 14.8. The van der Waals surface area contributed by atoms with E-state index < -0.39 is 35.3 Å². The van der Waals surface area contributed by atoms with E-state index in [9.17, 15) is 43.5 Å². The molecule has 370 valence electrons. The first-order valence-electron chi connectivity index (χ1n) is 25.0. The lowest BCUT2D eigenvalue weighted by atomic mass is 9.89. The third kappa shape index (κ3) is 10.8. The largest absolute Gasteiger partial charge is 0.388 e. The molecule has 0 spiro atoms. The number of carbonyl (C=O) groups is 7. The molecule has 5 aliphatic heterocycles. The molecule has 3 N–H and O–H groups in total. The number of aromatic nitrogens is 2. The van der Waals surface area contributed by atoms with Crippen molar-refractivity contribution in [3.8, 4) is 0 Å². The number of aliphatic hydroxyl groups is 1. The Kier molecular flexibility index (Phi) is 15.2. The van der Waals surface area contributed by atoms with Crippen molar-refractivity contribution in [2.45, 2.75) is 116 Å². The highest BCUT2D eigenvalue weighted by Crippen LogP contribution is 2.34. The number of hydrogen-bond donors (Lipinski definition) is 3. The highest BCUT2D eigenvalue weighted by molar-refractivity contribution is 6.23. The summed E-state index contributed by atoms with van der Waals surface area (Å²) in [5.74, 6) is -1.84. The van der Waals surface area contributed by atoms with E-state index in [4.69, 9.17) is 0 Å². The highest BCUT2D eigenvalue weighted by Gasteiger charge is 2.45. The van der Waals surface area contributed by atoms with E-state index in [0.717, 1.165) is 29.0 Å². The molecule has 9 rings (SSSR count). The number of benzene rings is 3. The monoisotopic (exact) mass is 956 g/mol. The lowest BCUT2D eigenvalue weighted by molar-refractivity contribution is -0.138. The standard InChI is InChI=1S/C51H58N8O9.C2H6/c1-32(34-5-3-2-4-6-34)27-45(62)56-25-19-51(68,20-26-56)30-58-31-52-41-28-36(8-10-39(41)48(58)65)53-43(60)13-7-33-15-21-57(22-16-33)47(64)35-17-23-55(24-18-35)37-9-11-38-40(29-37)50(67)59(49(38)66)42-12-14-44(61)54-46(42)63;1-2/h2-6,8-11,28-29,31-33,35,42,68H,7,12-27,30H2,1H3,(H,53,60)(H,54,61,63);1-2H3/t32-,42?;/m1./s1. The summed E-state index contributed by atoms with van der Waals surface area (Å²) in [4.78, 5) is 115. The first kappa shape index (κ1) is 49.7. The Morgan fingerprint density at radius 3 is 2.21 bits per heavy atom. The second-order valence-electron chi connectivity index (χ2n) is 19.3. The molecule has 0 aliphatic carbocycles. The fourth-order valence-corrected chi connectivity index (χ4v) is 10.6. The first-order valence-corrected chi connectivity index (χ1v) is 25.0. The Hall–Kier alpha value is -6.75. The molecule has 5 aliphatic rings. The molecule has 7 amide bonds. The van der Waals surface area contributed by atoms with Gasteiger partial charge in [-0.15, -0.1) is 0 Å². The van der Waals surface area contributed by atoms with E-state index in [1.807, 2.05) is 56.0 Å². The maximum absolute atomic E-state index is 13.6. The molecule has 1 aromatic heterocycles. The number of nitrogens with zero attached hydrogens (tertiary/aromatic N) is 6. The molecular formula is C53H64N8O9. The number of imide groups is 2. The zero-order valence-corrected chi connectivity index (χ0v) is 40.4. The summed E-state index contributed by atoms with van der Waals surface area (Å²) in [6, 6.07) is 19.0. The highest BCUT2D eigenvalue weighted by atomic mass is 16.3. The second kappa shape index (κ2) is 21.5. The second-order valence-corrected chi connectivity index (χ2v) is 19.3. The zero-order valence-electron chi connectivity index (χ0n) is 40.4. The quantitative estimate of drug-likeness (QED) is 0.156. The minimum absolute atomic E-state index is 0.0544. The molecule has 3 aromatic carbocycles. The number of nitrogens with one attached hydrogen (secondary N) is 2. The Labute approximate surface area is 407 Å². The van der Waals surface area contributed by atoms with Crippen LogP contribution in [0.3, 0.4) is 0 Å². The molecule has 17 nitrogen and oxygen atoms in total. The molecule has 1 unspecified atom stereocenters. The van der Waals surface area contributed by atoms with Crippen molar-refractivity contribution in [1.29, 1.82) is 0 Å². The number of fused-ring (bicyclic) bond motifs is 2. The average molecular weight is 957 g/mol. The van der Waals surface area contributed by atoms with Crippen LogP contribution in [0.4, 0.5) is 11.4 Å². The Morgan fingerprint density at radius 1 is 0.814 bits per heavy atom. The fourth-order valence-electron chi connectivity index (χ4n) is 10.6. The average Bonchev–Trinajstić information content (AvgIpc) is 3.62. The van der Waals surface area contributed by atoms with Gasteiger partial charge in [0.05, 0.1) is 40.5 Å². The normalized spacial score (nSPS) is 20.1. The van der Waals surface area contributed by atoms with Gasteiger partial charge in [-0.25, -0.2) is 4.98 Å². The van der Waals surface area contributed by atoms with Gasteiger partial charge in [-0.05, 0) is 105 Å². The van der Waals surface area contributed by atoms with Crippen LogP contribution in [0.25, 0.3) is 10.9 Å². The SMILES string of the molecule is CC.C[C@H](CC(=O)N1CCC(O)(Cn2cnc3cc(NC(=O)CCC4CCN(C(=O)C5CCN(c6ccc7c(c6)C(=O)N(C6CCC(=O)NC6=O)C7=O)CC5)CC4)ccc3c2=O)CC1)c1ccccc1. The van der Waals surface area contributed by atoms with Crippen LogP contribution in [0.1, 0.15) is 124 Å². The van der Waals surface area contributed by atoms with Crippen molar-refractivity contribution >= 4 is 63.6 Å². The molecule has 17 heteroatoms. The number of carbonyl (C=O) groups excluding carboxylic acids is 7. The molecule has 4 fully saturated rings. The Balaban J connectivity index is 0.00000325. The lowest BCUT2D eigenvalue weighted by Gasteiger charge is -2.38. The van der Waals surface area contributed by atoms with E-state index in [2.05, 4.69) is 20.5 Å². The molecule has 4 saturated heterocycles. The number of rotatable bonds is 12. The van der Waals surface area contributed by atoms with Crippen LogP contribution < -0.4 is 21.1 Å². The summed E-state index contributed by atoms with van der Waals surface area (Å²) < 4.78 is 1.42. The summed E-state index contributed by atoms with van der Waals surface area (Å²) in [6.07, 6.45) is 6.58. The van der Waals surface area contributed by atoms with Gasteiger partial charge in [-0.1, -0.05) is 51.1 Å². The van der Waals surface area contributed by atoms with Gasteiger partial charge in [0.25, 0.3) is 17.4 Å². The van der Waals surface area contributed by atoms with Crippen molar-refractivity contribution in [2.24, 2.45) is 11.8 Å². The van der Waals surface area contributed by atoms with Crippen molar-refractivity contribution in [3.05, 3.63) is 100 Å². The maximum Gasteiger partial charge on any atom is 0.262 e. The summed E-state index contributed by atoms with van der Waals surface area (Å²) in [5, 5.41) is 17.0. The number of hydrogen-bond acceptors (Lipinski definition) is 11. The van der Waals surface area contributed by atoms with E-state index in [0.29, 0.717) is 107 Å². The predicted octanol–water partition coefficient (Wildman–Crippen LogP) is 5.25. The van der Waals surface area contributed by atoms with Crippen LogP contribution in [-0.4, -0.2) is 122 Å². The zero-order chi connectivity index (χ0) is 49.7. The fraction of sp³-hybridized carbons (Fsp3) is 0.491. The van der Waals surface area contributed by atoms with Crippen LogP contribution in [0.2, 0.25) is 0 Å². The summed E-state index contributed by atoms with van der Waals surface area (Å²) in [6.45, 7) is 9.40. The Bertz CT molecular complexity index is 2700. The molecule has 0 saturated carbocycles. The minimum atomic E-state index is -1.16. The number of piperidine rings is 4. The molecular weight excluding hydrogens is 893 g/mol. The van der Waals surface area contributed by atoms with E-state index in [1.165, 1.54) is 10.9 Å². The van der Waals surface area contributed by atoms with Crippen molar-refractivity contribution < 1.29 is 38.7 Å². The number of anilines is 2. The minimum Gasteiger partial charge on any atom is -0.388 e. The van der Waals surface area contributed by atoms with Crippen molar-refractivity contribution in [3.63, 3.8) is 0 Å². The van der Waals surface area contributed by atoms with Crippen LogP contribution in [0, 0.1) is 11.8 Å². The summed E-state index contributed by atoms with van der Waals surface area (Å²) in [5.41, 5.74) is 1.87. The van der Waals surface area contributed by atoms with Crippen molar-refractivity contribution in [2.75, 3.05) is 49.5 Å². The van der Waals surface area contributed by atoms with Gasteiger partial charge in [-0.2, -0.15) is 0 Å². The smallest absolute Gasteiger partial charge is 0.262 e. The van der Waals surface area contributed by atoms with Crippen molar-refractivity contribution in [1.82, 2.24) is 29.6 Å². The predicted molar refractivity (Wildman–Crippen MR) is 263 cm³/mol. The molecule has 6 heterocycles. The van der Waals surface area contributed by atoms with Gasteiger partial charge in [0.2, 0.25) is 29.5 Å². The van der Waals surface area contributed by atoms with E-state index >= 15 is 0 Å². The Morgan fingerprint density at radius 2 is 1.51 bits per heavy atom. The summed E-state index contributed by atoms with van der Waals surface area (Å²) in [7, 11) is 0. The topological polar surface area (TPSA) is 212 Å². The molecule has 0 bridgehead atoms. The molecule has 70 heavy (non-hydrogen) atoms. The molecule has 0 radical (unpaired) electrons. The van der Waals surface area contributed by atoms with Gasteiger partial charge in [0, 0.05) is 75.8 Å². The third-order valence-corrected chi connectivity index (χ3v) is 14.8. The van der Waals surface area contributed by atoms with Crippen LogP contribution >= 0.6 is 0 Å². The van der Waals surface area contributed by atoms with Gasteiger partial charge in [0.1, 0.15) is 6.04 Å². The number of amides is 7. The van der Waals surface area contributed by atoms with Gasteiger partial charge in [-0.3, -0.25) is 53.1 Å². The van der Waals surface area contributed by atoms with Crippen LogP contribution in [0.15, 0.2) is 77.9 Å². The molecule has 2 atom stereocenters. The summed E-state index contributed by atoms with van der Waals surface area (Å²) >= 11 is 0. The van der Waals surface area contributed by atoms with Crippen LogP contribution in [0.5, 0.6) is 0 Å². The van der Waals surface area contributed by atoms with Gasteiger partial charge < -0.3 is 25.1 Å². The molecule has 4 aromatic rings. The van der Waals surface area contributed by atoms with Gasteiger partial charge >= 0.3 is 0 Å².